The zero-order valence-corrected chi connectivity index (χ0v) is 28.2. The molecule has 0 saturated carbocycles. The molecule has 1 aromatic heterocycles. The van der Waals surface area contributed by atoms with Crippen molar-refractivity contribution in [3.8, 4) is 5.75 Å². The number of fused-ring (bicyclic) bond motifs is 1. The fourth-order valence-corrected chi connectivity index (χ4v) is 4.79. The van der Waals surface area contributed by atoms with Gasteiger partial charge < -0.3 is 35.1 Å². The molecule has 256 valence electrons. The summed E-state index contributed by atoms with van der Waals surface area (Å²) in [7, 11) is 1.69. The molecule has 2 heterocycles. The topological polar surface area (TPSA) is 156 Å². The van der Waals surface area contributed by atoms with Crippen LogP contribution in [0.25, 0.3) is 0 Å². The second kappa shape index (κ2) is 17.1. The van der Waals surface area contributed by atoms with Crippen molar-refractivity contribution in [2.45, 2.75) is 65.0 Å². The number of amides is 2. The summed E-state index contributed by atoms with van der Waals surface area (Å²) < 4.78 is 16.5. The lowest BCUT2D eigenvalue weighted by Gasteiger charge is -2.24. The molecule has 3 aromatic rings. The van der Waals surface area contributed by atoms with Crippen molar-refractivity contribution in [2.24, 2.45) is 4.99 Å². The minimum atomic E-state index is -0.724. The largest absolute Gasteiger partial charge is 0.491 e. The molecule has 48 heavy (non-hydrogen) atoms. The van der Waals surface area contributed by atoms with Crippen LogP contribution in [0.2, 0.25) is 0 Å². The summed E-state index contributed by atoms with van der Waals surface area (Å²) in [5.41, 5.74) is 2.50. The summed E-state index contributed by atoms with van der Waals surface area (Å²) in [6.07, 6.45) is 3.96. The molecular weight excluding hydrogens is 614 g/mol. The molecule has 4 rings (SSSR count). The van der Waals surface area contributed by atoms with Crippen LogP contribution in [0.5, 0.6) is 5.75 Å². The van der Waals surface area contributed by atoms with Crippen LogP contribution in [0.15, 0.2) is 59.9 Å². The number of aliphatic imine (C=N–C) groups is 1. The third-order valence-electron chi connectivity index (χ3n) is 7.14. The van der Waals surface area contributed by atoms with Crippen LogP contribution < -0.4 is 20.7 Å². The molecule has 2 amide bonds. The highest BCUT2D eigenvalue weighted by Gasteiger charge is 2.33. The third kappa shape index (κ3) is 10.7. The predicted molar refractivity (Wildman–Crippen MR) is 185 cm³/mol. The molecule has 0 saturated heterocycles. The van der Waals surface area contributed by atoms with Crippen molar-refractivity contribution in [3.05, 3.63) is 66.0 Å². The highest BCUT2D eigenvalue weighted by Crippen LogP contribution is 2.36. The Hall–Kier alpha value is -5.20. The van der Waals surface area contributed by atoms with Gasteiger partial charge in [0.05, 0.1) is 30.2 Å². The predicted octanol–water partition coefficient (Wildman–Crippen LogP) is 5.92. The molecule has 0 spiro atoms. The molecule has 1 unspecified atom stereocenters. The zero-order valence-electron chi connectivity index (χ0n) is 28.2. The maximum Gasteiger partial charge on any atom is 0.410 e. The highest BCUT2D eigenvalue weighted by atomic mass is 16.6. The summed E-state index contributed by atoms with van der Waals surface area (Å²) >= 11 is 0. The van der Waals surface area contributed by atoms with Gasteiger partial charge in [0.2, 0.25) is 5.91 Å². The Kier molecular flexibility index (Phi) is 12.7. The number of rotatable bonds is 16. The number of esters is 1. The van der Waals surface area contributed by atoms with Gasteiger partial charge in [0.25, 0.3) is 0 Å². The molecule has 0 bridgehead atoms. The standard InChI is InChI=1S/C35H45N7O6/c1-6-46-29(43)14-10-19-47-28-20-25(15-16-27(28)38-21-24-12-8-7-9-13-24)37-22-26-30-31(39-23-40-32(30)41-33(26)44)36-17-11-18-42(5)34(45)48-35(2,3)4/h7-9,12-13,15-16,20,22-23,26,38H,6,10-11,14,17-19,21H2,1-5H3,(H2,36,39,40,41,44). The van der Waals surface area contributed by atoms with Gasteiger partial charge >= 0.3 is 12.1 Å². The van der Waals surface area contributed by atoms with Crippen LogP contribution >= 0.6 is 0 Å². The van der Waals surface area contributed by atoms with Crippen LogP contribution in [0.3, 0.4) is 0 Å². The van der Waals surface area contributed by atoms with Gasteiger partial charge in [0.15, 0.2) is 0 Å². The first-order chi connectivity index (χ1) is 23.0. The van der Waals surface area contributed by atoms with E-state index in [0.717, 1.165) is 11.3 Å². The van der Waals surface area contributed by atoms with E-state index in [1.165, 1.54) is 11.2 Å². The van der Waals surface area contributed by atoms with Crippen LogP contribution in [0.1, 0.15) is 64.0 Å². The van der Waals surface area contributed by atoms with E-state index in [1.54, 1.807) is 26.3 Å². The number of ether oxygens (including phenoxy) is 3. The van der Waals surface area contributed by atoms with Gasteiger partial charge in [-0.15, -0.1) is 0 Å². The van der Waals surface area contributed by atoms with E-state index in [2.05, 4.69) is 30.9 Å². The molecule has 3 N–H and O–H groups in total. The molecule has 0 radical (unpaired) electrons. The fourth-order valence-electron chi connectivity index (χ4n) is 4.79. The van der Waals surface area contributed by atoms with Gasteiger partial charge in [0.1, 0.15) is 35.2 Å². The molecule has 0 fully saturated rings. The van der Waals surface area contributed by atoms with E-state index in [1.807, 2.05) is 63.2 Å². The van der Waals surface area contributed by atoms with Crippen molar-refractivity contribution >= 4 is 47.2 Å². The van der Waals surface area contributed by atoms with E-state index < -0.39 is 11.5 Å². The van der Waals surface area contributed by atoms with Crippen molar-refractivity contribution in [1.29, 1.82) is 0 Å². The first-order valence-corrected chi connectivity index (χ1v) is 16.1. The van der Waals surface area contributed by atoms with E-state index in [0.29, 0.717) is 74.3 Å². The van der Waals surface area contributed by atoms with Gasteiger partial charge in [-0.05, 0) is 58.2 Å². The SMILES string of the molecule is CCOC(=O)CCCOc1cc(N=CC2C(=O)Nc3ncnc(NCCCN(C)C(=O)OC(C)(C)C)c32)ccc1NCc1ccccc1. The molecule has 13 nitrogen and oxygen atoms in total. The Balaban J connectivity index is 1.44. The second-order valence-electron chi connectivity index (χ2n) is 12.2. The normalized spacial score (nSPS) is 13.9. The van der Waals surface area contributed by atoms with Crippen LogP contribution in [0, 0.1) is 0 Å². The number of benzene rings is 2. The number of nitrogens with zero attached hydrogens (tertiary/aromatic N) is 4. The third-order valence-corrected chi connectivity index (χ3v) is 7.14. The van der Waals surface area contributed by atoms with E-state index in [9.17, 15) is 14.4 Å². The van der Waals surface area contributed by atoms with Gasteiger partial charge in [0, 0.05) is 45.4 Å². The number of carbonyl (C=O) groups is 3. The van der Waals surface area contributed by atoms with Gasteiger partial charge in [-0.25, -0.2) is 14.8 Å². The Morgan fingerprint density at radius 2 is 1.88 bits per heavy atom. The van der Waals surface area contributed by atoms with Crippen molar-refractivity contribution in [3.63, 3.8) is 0 Å². The van der Waals surface area contributed by atoms with E-state index in [-0.39, 0.29) is 24.4 Å². The molecular formula is C35H45N7O6. The minimum absolute atomic E-state index is 0.257. The lowest BCUT2D eigenvalue weighted by molar-refractivity contribution is -0.143. The lowest BCUT2D eigenvalue weighted by atomic mass is 10.0. The minimum Gasteiger partial charge on any atom is -0.491 e. The number of carbonyl (C=O) groups excluding carboxylic acids is 3. The molecule has 1 atom stereocenters. The Labute approximate surface area is 281 Å². The number of aromatic nitrogens is 2. The maximum atomic E-state index is 13.0. The van der Waals surface area contributed by atoms with Crippen molar-refractivity contribution in [2.75, 3.05) is 49.3 Å². The summed E-state index contributed by atoms with van der Waals surface area (Å²) in [5.74, 6) is 0.258. The number of anilines is 3. The number of hydrogen-bond donors (Lipinski definition) is 3. The number of hydrogen-bond acceptors (Lipinski definition) is 11. The summed E-state index contributed by atoms with van der Waals surface area (Å²) in [6, 6.07) is 15.5. The van der Waals surface area contributed by atoms with E-state index >= 15 is 0 Å². The Morgan fingerprint density at radius 1 is 1.08 bits per heavy atom. The maximum absolute atomic E-state index is 13.0. The fraction of sp³-hybridized carbons (Fsp3) is 0.429. The van der Waals surface area contributed by atoms with Gasteiger partial charge in [-0.1, -0.05) is 30.3 Å². The smallest absolute Gasteiger partial charge is 0.410 e. The highest BCUT2D eigenvalue weighted by molar-refractivity contribution is 6.13. The van der Waals surface area contributed by atoms with Crippen molar-refractivity contribution in [1.82, 2.24) is 14.9 Å². The molecule has 0 aliphatic carbocycles. The number of nitrogens with one attached hydrogen (secondary N) is 3. The van der Waals surface area contributed by atoms with Crippen LogP contribution in [-0.4, -0.2) is 78.0 Å². The summed E-state index contributed by atoms with van der Waals surface area (Å²) in [5, 5.41) is 9.50. The summed E-state index contributed by atoms with van der Waals surface area (Å²) in [4.78, 5) is 51.8. The lowest BCUT2D eigenvalue weighted by Crippen LogP contribution is -2.35. The quantitative estimate of drug-likeness (QED) is 0.0959. The molecule has 1 aliphatic heterocycles. The van der Waals surface area contributed by atoms with Crippen molar-refractivity contribution < 1.29 is 28.6 Å². The second-order valence-corrected chi connectivity index (χ2v) is 12.2. The first kappa shape index (κ1) is 35.7. The summed E-state index contributed by atoms with van der Waals surface area (Å²) in [6.45, 7) is 9.48. The molecule has 13 heteroatoms. The Bertz CT molecular complexity index is 1580. The first-order valence-electron chi connectivity index (χ1n) is 16.1. The van der Waals surface area contributed by atoms with Crippen LogP contribution in [-0.2, 0) is 25.6 Å². The molecule has 1 aliphatic rings. The van der Waals surface area contributed by atoms with Crippen LogP contribution in [0.4, 0.5) is 27.8 Å². The van der Waals surface area contributed by atoms with Gasteiger partial charge in [-0.2, -0.15) is 0 Å². The monoisotopic (exact) mass is 659 g/mol. The van der Waals surface area contributed by atoms with Gasteiger partial charge in [-0.3, -0.25) is 14.6 Å². The average Bonchev–Trinajstić information content (AvgIpc) is 3.38. The average molecular weight is 660 g/mol. The zero-order chi connectivity index (χ0) is 34.5. The molecule has 2 aromatic carbocycles. The Morgan fingerprint density at radius 3 is 2.62 bits per heavy atom. The van der Waals surface area contributed by atoms with E-state index in [4.69, 9.17) is 14.2 Å².